The molecule has 0 aliphatic carbocycles. The van der Waals surface area contributed by atoms with Gasteiger partial charge < -0.3 is 19.5 Å². The number of hydrogen-bond donors (Lipinski definition) is 1. The summed E-state index contributed by atoms with van der Waals surface area (Å²) in [7, 11) is -0.575. The molecule has 3 aromatic carbocycles. The molecule has 0 saturated heterocycles. The zero-order valence-corrected chi connectivity index (χ0v) is 21.2. The van der Waals surface area contributed by atoms with Crippen LogP contribution in [0.4, 0.5) is 11.4 Å². The van der Waals surface area contributed by atoms with Crippen LogP contribution in [0.15, 0.2) is 66.7 Å². The Morgan fingerprint density at radius 3 is 2.20 bits per heavy atom. The number of nitrogens with zero attached hydrogens (tertiary/aromatic N) is 1. The summed E-state index contributed by atoms with van der Waals surface area (Å²) in [5, 5.41) is 3.23. The molecule has 0 aliphatic heterocycles. The van der Waals surface area contributed by atoms with Crippen LogP contribution in [-0.4, -0.2) is 41.3 Å². The van der Waals surface area contributed by atoms with Crippen molar-refractivity contribution in [3.05, 3.63) is 71.8 Å². The van der Waals surface area contributed by atoms with E-state index in [0.29, 0.717) is 39.4 Å². The van der Waals surface area contributed by atoms with Crippen LogP contribution < -0.4 is 23.8 Å². The summed E-state index contributed by atoms with van der Waals surface area (Å²) in [6.07, 6.45) is 1.47. The predicted octanol–water partition coefficient (Wildman–Crippen LogP) is 5.33. The van der Waals surface area contributed by atoms with E-state index in [1.807, 2.05) is 6.07 Å². The van der Waals surface area contributed by atoms with E-state index in [4.69, 9.17) is 25.8 Å². The Labute approximate surface area is 210 Å². The number of carbonyl (C=O) groups is 1. The Morgan fingerprint density at radius 2 is 1.54 bits per heavy atom. The van der Waals surface area contributed by atoms with Crippen LogP contribution in [0.5, 0.6) is 23.0 Å². The maximum absolute atomic E-state index is 12.7. The summed E-state index contributed by atoms with van der Waals surface area (Å²) in [4.78, 5) is 12.7. The fourth-order valence-electron chi connectivity index (χ4n) is 3.41. The lowest BCUT2D eigenvalue weighted by molar-refractivity contribution is -0.116. The van der Waals surface area contributed by atoms with E-state index < -0.39 is 10.0 Å². The van der Waals surface area contributed by atoms with Gasteiger partial charge in [0.25, 0.3) is 0 Å². The topological polar surface area (TPSA) is 94.2 Å². The fourth-order valence-corrected chi connectivity index (χ4v) is 4.55. The van der Waals surface area contributed by atoms with Gasteiger partial charge in [0.05, 0.1) is 31.9 Å². The molecule has 0 aliphatic rings. The Hall–Kier alpha value is -3.43. The highest BCUT2D eigenvalue weighted by atomic mass is 35.5. The van der Waals surface area contributed by atoms with E-state index in [0.717, 1.165) is 6.26 Å². The molecule has 1 N–H and O–H groups in total. The quantitative estimate of drug-likeness (QED) is 0.368. The molecule has 3 aromatic rings. The average molecular weight is 519 g/mol. The molecule has 0 heterocycles. The molecule has 0 aromatic heterocycles. The SMILES string of the molecule is COc1ccccc1Oc1ccc(Cl)cc1NC(=O)CCCN(c1ccccc1OC)S(C)(=O)=O. The number of hydrogen-bond acceptors (Lipinski definition) is 6. The number of para-hydroxylation sites is 4. The second-order valence-electron chi connectivity index (χ2n) is 7.55. The molecule has 0 atom stereocenters. The van der Waals surface area contributed by atoms with Gasteiger partial charge in [0.15, 0.2) is 17.2 Å². The van der Waals surface area contributed by atoms with Crippen LogP contribution in [-0.2, 0) is 14.8 Å². The number of rotatable bonds is 11. The number of halogens is 1. The van der Waals surface area contributed by atoms with E-state index in [2.05, 4.69) is 5.32 Å². The highest BCUT2D eigenvalue weighted by Crippen LogP contribution is 2.36. The molecule has 0 spiro atoms. The number of nitrogens with one attached hydrogen (secondary N) is 1. The fraction of sp³-hybridized carbons (Fsp3) is 0.240. The lowest BCUT2D eigenvalue weighted by atomic mass is 10.2. The number of ether oxygens (including phenoxy) is 3. The molecular weight excluding hydrogens is 492 g/mol. The number of sulfonamides is 1. The summed E-state index contributed by atoms with van der Waals surface area (Å²) in [5.41, 5.74) is 0.804. The molecule has 3 rings (SSSR count). The maximum Gasteiger partial charge on any atom is 0.232 e. The van der Waals surface area contributed by atoms with Gasteiger partial charge in [0, 0.05) is 18.0 Å². The molecule has 10 heteroatoms. The monoisotopic (exact) mass is 518 g/mol. The number of anilines is 2. The minimum atomic E-state index is -3.59. The lowest BCUT2D eigenvalue weighted by Gasteiger charge is -2.24. The van der Waals surface area contributed by atoms with E-state index in [1.54, 1.807) is 60.7 Å². The van der Waals surface area contributed by atoms with Gasteiger partial charge in [-0.05, 0) is 48.9 Å². The number of carbonyl (C=O) groups excluding carboxylic acids is 1. The molecule has 0 bridgehead atoms. The van der Waals surface area contributed by atoms with Gasteiger partial charge in [0.2, 0.25) is 15.9 Å². The van der Waals surface area contributed by atoms with Gasteiger partial charge in [-0.2, -0.15) is 0 Å². The van der Waals surface area contributed by atoms with Crippen LogP contribution in [0.3, 0.4) is 0 Å². The van der Waals surface area contributed by atoms with Crippen LogP contribution in [0.2, 0.25) is 5.02 Å². The average Bonchev–Trinajstić information content (AvgIpc) is 2.83. The third kappa shape index (κ3) is 7.03. The summed E-state index contributed by atoms with van der Waals surface area (Å²) < 4.78 is 42.6. The Bertz CT molecular complexity index is 1280. The second-order valence-corrected chi connectivity index (χ2v) is 9.90. The van der Waals surface area contributed by atoms with Gasteiger partial charge in [-0.25, -0.2) is 8.42 Å². The lowest BCUT2D eigenvalue weighted by Crippen LogP contribution is -2.31. The first kappa shape index (κ1) is 26.2. The first-order valence-corrected chi connectivity index (χ1v) is 13.0. The van der Waals surface area contributed by atoms with Crippen molar-refractivity contribution in [1.82, 2.24) is 0 Å². The molecule has 0 unspecified atom stereocenters. The maximum atomic E-state index is 12.7. The van der Waals surface area contributed by atoms with Crippen molar-refractivity contribution in [3.8, 4) is 23.0 Å². The first-order chi connectivity index (χ1) is 16.7. The van der Waals surface area contributed by atoms with Crippen molar-refractivity contribution in [3.63, 3.8) is 0 Å². The van der Waals surface area contributed by atoms with E-state index >= 15 is 0 Å². The zero-order chi connectivity index (χ0) is 25.4. The van der Waals surface area contributed by atoms with Crippen molar-refractivity contribution < 1.29 is 27.4 Å². The molecule has 0 fully saturated rings. The molecule has 1 amide bonds. The summed E-state index contributed by atoms with van der Waals surface area (Å²) >= 11 is 6.14. The van der Waals surface area contributed by atoms with Gasteiger partial charge in [-0.1, -0.05) is 35.9 Å². The van der Waals surface area contributed by atoms with Crippen molar-refractivity contribution in [2.24, 2.45) is 0 Å². The Kier molecular flexibility index (Phi) is 8.84. The van der Waals surface area contributed by atoms with Gasteiger partial charge in [0.1, 0.15) is 5.75 Å². The largest absolute Gasteiger partial charge is 0.495 e. The van der Waals surface area contributed by atoms with E-state index in [1.165, 1.54) is 18.5 Å². The van der Waals surface area contributed by atoms with Crippen LogP contribution in [0, 0.1) is 0 Å². The molecule has 35 heavy (non-hydrogen) atoms. The number of methoxy groups -OCH3 is 2. The van der Waals surface area contributed by atoms with Crippen molar-refractivity contribution >= 4 is 38.9 Å². The highest BCUT2D eigenvalue weighted by molar-refractivity contribution is 7.92. The minimum Gasteiger partial charge on any atom is -0.495 e. The minimum absolute atomic E-state index is 0.0712. The third-order valence-corrected chi connectivity index (χ3v) is 6.44. The summed E-state index contributed by atoms with van der Waals surface area (Å²) in [6.45, 7) is 0.104. The zero-order valence-electron chi connectivity index (χ0n) is 19.7. The van der Waals surface area contributed by atoms with Crippen molar-refractivity contribution in [1.29, 1.82) is 0 Å². The third-order valence-electron chi connectivity index (χ3n) is 5.02. The molecule has 186 valence electrons. The number of benzene rings is 3. The Balaban J connectivity index is 1.70. The van der Waals surface area contributed by atoms with Crippen LogP contribution >= 0.6 is 11.6 Å². The molecule has 0 radical (unpaired) electrons. The molecule has 8 nitrogen and oxygen atoms in total. The van der Waals surface area contributed by atoms with E-state index in [-0.39, 0.29) is 25.3 Å². The van der Waals surface area contributed by atoms with Crippen molar-refractivity contribution in [2.75, 3.05) is 36.6 Å². The summed E-state index contributed by atoms with van der Waals surface area (Å²) in [5.74, 6) is 1.52. The van der Waals surface area contributed by atoms with Gasteiger partial charge in [-0.15, -0.1) is 0 Å². The standard InChI is InChI=1S/C25H27ClN2O6S/c1-32-22-10-5-4-9-20(22)28(35(3,30)31)16-8-13-25(29)27-19-17-18(26)14-15-21(19)34-24-12-7-6-11-23(24)33-2/h4-7,9-12,14-15,17H,8,13,16H2,1-3H3,(H,27,29). The van der Waals surface area contributed by atoms with E-state index in [9.17, 15) is 13.2 Å². The molecular formula is C25H27ClN2O6S. The van der Waals surface area contributed by atoms with Gasteiger partial charge >= 0.3 is 0 Å². The highest BCUT2D eigenvalue weighted by Gasteiger charge is 2.21. The van der Waals surface area contributed by atoms with Crippen LogP contribution in [0.25, 0.3) is 0 Å². The predicted molar refractivity (Wildman–Crippen MR) is 138 cm³/mol. The Morgan fingerprint density at radius 1 is 0.914 bits per heavy atom. The van der Waals surface area contributed by atoms with Crippen LogP contribution in [0.1, 0.15) is 12.8 Å². The second kappa shape index (κ2) is 11.8. The summed E-state index contributed by atoms with van der Waals surface area (Å²) in [6, 6.07) is 18.9. The molecule has 0 saturated carbocycles. The number of amides is 1. The van der Waals surface area contributed by atoms with Gasteiger partial charge in [-0.3, -0.25) is 9.10 Å². The normalized spacial score (nSPS) is 11.0. The van der Waals surface area contributed by atoms with Crippen molar-refractivity contribution in [2.45, 2.75) is 12.8 Å². The first-order valence-electron chi connectivity index (χ1n) is 10.7. The smallest absolute Gasteiger partial charge is 0.232 e.